The molecule has 1 aromatic carbocycles. The van der Waals surface area contributed by atoms with Gasteiger partial charge in [-0.05, 0) is 58.9 Å². The highest BCUT2D eigenvalue weighted by Crippen LogP contribution is 2.27. The number of amides is 5. The van der Waals surface area contributed by atoms with Gasteiger partial charge in [0.2, 0.25) is 23.6 Å². The summed E-state index contributed by atoms with van der Waals surface area (Å²) in [6.45, 7) is 6.63. The molecule has 0 aliphatic heterocycles. The van der Waals surface area contributed by atoms with E-state index in [9.17, 15) is 99.0 Å². The molecule has 28 nitrogen and oxygen atoms in total. The van der Waals surface area contributed by atoms with Crippen molar-refractivity contribution in [2.24, 2.45) is 30.7 Å². The van der Waals surface area contributed by atoms with Crippen LogP contribution in [-0.4, -0.2) is 224 Å². The van der Waals surface area contributed by atoms with Crippen molar-refractivity contribution in [2.75, 3.05) is 33.9 Å². The van der Waals surface area contributed by atoms with E-state index < -0.39 is 200 Å². The van der Waals surface area contributed by atoms with Gasteiger partial charge in [-0.15, -0.1) is 0 Å². The molecule has 0 saturated carbocycles. The number of imidazole rings is 1. The minimum absolute atomic E-state index is 0.0508. The standard InChI is InChI=1S/C55H85N7O21/c1-28(2)18-31(49(75)58-34(26-64)53(79)80)20-39(68)48(55(6,7)82)60-50(76)32(25-63)21-40(69)47(54(4,5)81)59-42(70)17-16-37(66)35(19-30-14-12-11-13-15-30)62(9)52(78)46(74)45(73)41(83-10)24-57-51(77)33(22-38(67)43(71)29(3)65)44(72)36-23-56-27-61(36)8/h11-15,23,27-29,31-35,41,43-48,63-65,71-74,81-82H,16-22,24-26H2,1-10H3,(H,57,77)(H,58,75)(H,59,70)(H,60,76)(H,79,80). The zero-order valence-electron chi connectivity index (χ0n) is 48.5. The average molecular weight is 1180 g/mol. The molecule has 13 atom stereocenters. The number of nitrogens with zero attached hydrogens (tertiary/aromatic N) is 3. The molecule has 14 N–H and O–H groups in total. The zero-order valence-corrected chi connectivity index (χ0v) is 48.5. The number of aryl methyl sites for hydroxylation is 1. The number of Topliss-reactive ketones (excluding diaryl/α,β-unsaturated/α-hetero) is 4. The Labute approximate surface area is 481 Å². The molecule has 13 unspecified atom stereocenters. The number of nitrogens with one attached hydrogen (secondary N) is 4. The number of aliphatic hydroxyl groups excluding tert-OH is 7. The molecule has 0 fully saturated rings. The number of aliphatic carboxylic acids is 1. The number of benzene rings is 1. The van der Waals surface area contributed by atoms with Gasteiger partial charge in [0.25, 0.3) is 5.91 Å². The van der Waals surface area contributed by atoms with Gasteiger partial charge in [0.1, 0.15) is 42.5 Å². The molecule has 2 rings (SSSR count). The second-order valence-corrected chi connectivity index (χ2v) is 22.3. The first kappa shape index (κ1) is 72.6. The molecule has 28 heteroatoms. The number of ketones is 4. The molecule has 0 aliphatic carbocycles. The minimum Gasteiger partial charge on any atom is -0.480 e. The number of methoxy groups -OCH3 is 1. The fraction of sp³-hybridized carbons (Fsp3) is 0.655. The zero-order chi connectivity index (χ0) is 63.4. The van der Waals surface area contributed by atoms with E-state index in [2.05, 4.69) is 26.3 Å². The Morgan fingerprint density at radius 1 is 0.711 bits per heavy atom. The van der Waals surface area contributed by atoms with Gasteiger partial charge in [0.05, 0.1) is 66.6 Å². The van der Waals surface area contributed by atoms with Crippen LogP contribution in [0.3, 0.4) is 0 Å². The molecular weight excluding hydrogens is 1090 g/mol. The van der Waals surface area contributed by atoms with Crippen molar-refractivity contribution in [1.29, 1.82) is 0 Å². The maximum absolute atomic E-state index is 14.1. The number of aliphatic hydroxyl groups is 9. The molecule has 2 aromatic rings. The topological polar surface area (TPSA) is 451 Å². The van der Waals surface area contributed by atoms with Crippen molar-refractivity contribution in [2.45, 2.75) is 165 Å². The molecule has 1 aromatic heterocycles. The van der Waals surface area contributed by atoms with Crippen LogP contribution in [0.5, 0.6) is 0 Å². The van der Waals surface area contributed by atoms with E-state index in [1.807, 2.05) is 0 Å². The van der Waals surface area contributed by atoms with Gasteiger partial charge in [-0.3, -0.25) is 43.2 Å². The molecule has 0 radical (unpaired) electrons. The summed E-state index contributed by atoms with van der Waals surface area (Å²) in [5.41, 5.74) is -3.44. The van der Waals surface area contributed by atoms with Gasteiger partial charge in [0.15, 0.2) is 29.2 Å². The van der Waals surface area contributed by atoms with Gasteiger partial charge in [-0.2, -0.15) is 0 Å². The van der Waals surface area contributed by atoms with Crippen molar-refractivity contribution in [3.8, 4) is 0 Å². The van der Waals surface area contributed by atoms with Crippen LogP contribution in [0.15, 0.2) is 42.9 Å². The largest absolute Gasteiger partial charge is 0.480 e. The summed E-state index contributed by atoms with van der Waals surface area (Å²) in [5.74, 6) is -15.0. The van der Waals surface area contributed by atoms with E-state index in [-0.39, 0.29) is 24.5 Å². The SMILES string of the molecule is COC(CNC(=O)C(CC(=O)C(O)C(C)O)C(O)c1cncn1C)C(O)C(O)C(=O)N(C)C(Cc1ccccc1)C(=O)CCC(=O)NC(C(=O)CC(CO)C(=O)NC(C(=O)CC(CC(C)C)C(=O)NC(CO)C(=O)O)C(C)(C)O)C(C)(C)O. The molecule has 83 heavy (non-hydrogen) atoms. The third-order valence-electron chi connectivity index (χ3n) is 13.9. The predicted octanol–water partition coefficient (Wildman–Crippen LogP) is -3.70. The van der Waals surface area contributed by atoms with E-state index in [1.54, 1.807) is 44.2 Å². The fourth-order valence-corrected chi connectivity index (χ4v) is 8.99. The number of hydrogen-bond acceptors (Lipinski definition) is 21. The Morgan fingerprint density at radius 3 is 1.75 bits per heavy atom. The summed E-state index contributed by atoms with van der Waals surface area (Å²) in [5, 5.41) is 114. The first-order chi connectivity index (χ1) is 38.5. The number of carbonyl (C=O) groups is 10. The molecule has 5 amide bonds. The number of likely N-dealkylation sites (N-methyl/N-ethyl adjacent to an activating group) is 1. The third-order valence-corrected chi connectivity index (χ3v) is 13.9. The number of ether oxygens (including phenoxy) is 1. The highest BCUT2D eigenvalue weighted by molar-refractivity contribution is 5.98. The number of carboxylic acid groups (broad SMARTS) is 1. The van der Waals surface area contributed by atoms with E-state index >= 15 is 0 Å². The van der Waals surface area contributed by atoms with E-state index in [1.165, 1.54) is 38.0 Å². The van der Waals surface area contributed by atoms with Crippen LogP contribution in [0, 0.1) is 23.7 Å². The highest BCUT2D eigenvalue weighted by Gasteiger charge is 2.43. The lowest BCUT2D eigenvalue weighted by Gasteiger charge is -2.33. The second kappa shape index (κ2) is 33.1. The Morgan fingerprint density at radius 2 is 1.27 bits per heavy atom. The van der Waals surface area contributed by atoms with Gasteiger partial charge < -0.3 is 86.5 Å². The van der Waals surface area contributed by atoms with Gasteiger partial charge >= 0.3 is 5.97 Å². The van der Waals surface area contributed by atoms with E-state index in [0.717, 1.165) is 39.8 Å². The lowest BCUT2D eigenvalue weighted by Crippen LogP contribution is -2.57. The highest BCUT2D eigenvalue weighted by atomic mass is 16.5. The molecule has 0 spiro atoms. The van der Waals surface area contributed by atoms with Crippen LogP contribution in [-0.2, 0) is 66.2 Å². The Bertz CT molecular complexity index is 2510. The first-order valence-corrected chi connectivity index (χ1v) is 26.9. The summed E-state index contributed by atoms with van der Waals surface area (Å²) in [6, 6.07) is 1.58. The van der Waals surface area contributed by atoms with Crippen molar-refractivity contribution >= 4 is 58.6 Å². The quantitative estimate of drug-likeness (QED) is 0.0308. The predicted molar refractivity (Wildman–Crippen MR) is 292 cm³/mol. The summed E-state index contributed by atoms with van der Waals surface area (Å²) in [6.07, 6.45) is -12.2. The second-order valence-electron chi connectivity index (χ2n) is 22.3. The van der Waals surface area contributed by atoms with Crippen molar-refractivity contribution < 1.29 is 104 Å². The van der Waals surface area contributed by atoms with E-state index in [4.69, 9.17) is 4.74 Å². The number of carbonyl (C=O) groups excluding carboxylic acids is 9. The van der Waals surface area contributed by atoms with Crippen LogP contribution in [0.2, 0.25) is 0 Å². The lowest BCUT2D eigenvalue weighted by atomic mass is 9.85. The average Bonchev–Trinajstić information content (AvgIpc) is 4.11. The summed E-state index contributed by atoms with van der Waals surface area (Å²) in [4.78, 5) is 139. The maximum atomic E-state index is 14.1. The normalized spacial score (nSPS) is 16.7. The third kappa shape index (κ3) is 22.2. The van der Waals surface area contributed by atoms with Crippen molar-refractivity contribution in [1.82, 2.24) is 35.7 Å². The Hall–Kier alpha value is -6.47. The molecule has 0 bridgehead atoms. The molecule has 466 valence electrons. The molecular formula is C55H85N7O21. The van der Waals surface area contributed by atoms with Crippen molar-refractivity contribution in [3.63, 3.8) is 0 Å². The minimum atomic E-state index is -2.33. The number of hydrogen-bond donors (Lipinski definition) is 14. The number of carboxylic acids is 1. The number of rotatable bonds is 38. The molecule has 1 heterocycles. The van der Waals surface area contributed by atoms with Crippen LogP contribution in [0.1, 0.15) is 104 Å². The Kier molecular flexibility index (Phi) is 29.0. The molecule has 0 aliphatic rings. The smallest absolute Gasteiger partial charge is 0.328 e. The number of aromatic nitrogens is 2. The summed E-state index contributed by atoms with van der Waals surface area (Å²) < 4.78 is 6.68. The summed E-state index contributed by atoms with van der Waals surface area (Å²) in [7, 11) is 3.73. The van der Waals surface area contributed by atoms with E-state index in [0.29, 0.717) is 5.56 Å². The van der Waals surface area contributed by atoms with Crippen LogP contribution >= 0.6 is 0 Å². The maximum Gasteiger partial charge on any atom is 0.328 e. The van der Waals surface area contributed by atoms with Gasteiger partial charge in [-0.1, -0.05) is 44.2 Å². The van der Waals surface area contributed by atoms with Gasteiger partial charge in [0, 0.05) is 65.8 Å². The summed E-state index contributed by atoms with van der Waals surface area (Å²) >= 11 is 0. The monoisotopic (exact) mass is 1180 g/mol. The molecule has 0 saturated heterocycles. The Balaban J connectivity index is 2.29. The van der Waals surface area contributed by atoms with Crippen LogP contribution in [0.4, 0.5) is 0 Å². The van der Waals surface area contributed by atoms with Crippen LogP contribution < -0.4 is 21.3 Å². The fourth-order valence-electron chi connectivity index (χ4n) is 8.99. The van der Waals surface area contributed by atoms with Crippen LogP contribution in [0.25, 0.3) is 0 Å². The van der Waals surface area contributed by atoms with Crippen molar-refractivity contribution in [3.05, 3.63) is 54.1 Å². The first-order valence-electron chi connectivity index (χ1n) is 26.9. The van der Waals surface area contributed by atoms with Gasteiger partial charge in [-0.25, -0.2) is 9.78 Å². The lowest BCUT2D eigenvalue weighted by molar-refractivity contribution is -0.156.